The molecular weight excluding hydrogens is 380 g/mol. The lowest BCUT2D eigenvalue weighted by molar-refractivity contribution is 0.598. The van der Waals surface area contributed by atoms with Gasteiger partial charge in [-0.2, -0.15) is 0 Å². The molecule has 2 aromatic carbocycles. The third-order valence-corrected chi connectivity index (χ3v) is 5.44. The van der Waals surface area contributed by atoms with Crippen molar-refractivity contribution >= 4 is 41.7 Å². The Bertz CT molecular complexity index is 862. The van der Waals surface area contributed by atoms with Crippen molar-refractivity contribution < 1.29 is 16.8 Å². The van der Waals surface area contributed by atoms with Crippen LogP contribution in [0.3, 0.4) is 0 Å². The number of hydrogen-bond donors (Lipinski definition) is 2. The van der Waals surface area contributed by atoms with E-state index >= 15 is 0 Å². The molecule has 6 nitrogen and oxygen atoms in total. The second kappa shape index (κ2) is 5.76. The fraction of sp³-hybridized carbons (Fsp3) is 0. The zero-order chi connectivity index (χ0) is 15.7. The summed E-state index contributed by atoms with van der Waals surface area (Å²) in [5.41, 5.74) is -0.0945. The lowest BCUT2D eigenvalue weighted by atomic mass is 10.3. The molecule has 9 heteroatoms. The Balaban J connectivity index is 2.45. The second-order valence-electron chi connectivity index (χ2n) is 4.10. The summed E-state index contributed by atoms with van der Waals surface area (Å²) in [4.78, 5) is -0.277. The van der Waals surface area contributed by atoms with E-state index in [1.54, 1.807) is 12.1 Å². The number of benzene rings is 2. The van der Waals surface area contributed by atoms with Crippen LogP contribution in [0.25, 0.3) is 0 Å². The highest BCUT2D eigenvalue weighted by Gasteiger charge is 2.19. The van der Waals surface area contributed by atoms with Crippen molar-refractivity contribution in [3.05, 3.63) is 53.0 Å². The zero-order valence-corrected chi connectivity index (χ0v) is 13.7. The molecule has 2 aromatic rings. The Labute approximate surface area is 131 Å². The number of rotatable bonds is 4. The minimum atomic E-state index is -4.03. The Morgan fingerprint density at radius 3 is 2.05 bits per heavy atom. The lowest BCUT2D eigenvalue weighted by Crippen LogP contribution is -2.18. The van der Waals surface area contributed by atoms with Gasteiger partial charge in [-0.1, -0.05) is 28.1 Å². The van der Waals surface area contributed by atoms with E-state index in [1.165, 1.54) is 36.4 Å². The molecule has 0 amide bonds. The SMILES string of the molecule is NS(=O)(=O)c1ccccc1NS(=O)(=O)c1ccc(Br)cc1. The van der Waals surface area contributed by atoms with Crippen LogP contribution in [0, 0.1) is 0 Å². The Morgan fingerprint density at radius 2 is 1.48 bits per heavy atom. The van der Waals surface area contributed by atoms with Crippen molar-refractivity contribution in [2.75, 3.05) is 4.72 Å². The predicted molar refractivity (Wildman–Crippen MR) is 82.8 cm³/mol. The van der Waals surface area contributed by atoms with Crippen LogP contribution in [0.5, 0.6) is 0 Å². The largest absolute Gasteiger partial charge is 0.278 e. The number of anilines is 1. The molecule has 0 fully saturated rings. The van der Waals surface area contributed by atoms with E-state index in [0.717, 1.165) is 4.47 Å². The normalized spacial score (nSPS) is 12.1. The summed E-state index contributed by atoms with van der Waals surface area (Å²) in [7, 11) is -7.93. The molecule has 0 aromatic heterocycles. The van der Waals surface area contributed by atoms with E-state index in [4.69, 9.17) is 5.14 Å². The number of para-hydroxylation sites is 1. The molecule has 112 valence electrons. The number of sulfonamides is 2. The molecule has 21 heavy (non-hydrogen) atoms. The van der Waals surface area contributed by atoms with Crippen molar-refractivity contribution in [1.29, 1.82) is 0 Å². The fourth-order valence-corrected chi connectivity index (χ4v) is 3.72. The van der Waals surface area contributed by atoms with Gasteiger partial charge in [0.05, 0.1) is 10.6 Å². The first-order valence-electron chi connectivity index (χ1n) is 5.60. The highest BCUT2D eigenvalue weighted by atomic mass is 79.9. The number of halogens is 1. The molecule has 0 saturated heterocycles. The maximum Gasteiger partial charge on any atom is 0.261 e. The van der Waals surface area contributed by atoms with Gasteiger partial charge in [0.15, 0.2) is 0 Å². The number of primary sulfonamides is 1. The van der Waals surface area contributed by atoms with Gasteiger partial charge in [-0.05, 0) is 36.4 Å². The molecule has 3 N–H and O–H groups in total. The maximum atomic E-state index is 12.2. The monoisotopic (exact) mass is 390 g/mol. The summed E-state index contributed by atoms with van der Waals surface area (Å²) in [5, 5.41) is 5.07. The van der Waals surface area contributed by atoms with Crippen LogP contribution >= 0.6 is 15.9 Å². The minimum absolute atomic E-state index is 0.00919. The average Bonchev–Trinajstić information content (AvgIpc) is 2.38. The van der Waals surface area contributed by atoms with Gasteiger partial charge in [-0.15, -0.1) is 0 Å². The van der Waals surface area contributed by atoms with Crippen LogP contribution in [0.4, 0.5) is 5.69 Å². The van der Waals surface area contributed by atoms with Crippen LogP contribution in [0.1, 0.15) is 0 Å². The molecule has 0 saturated carbocycles. The third kappa shape index (κ3) is 3.82. The second-order valence-corrected chi connectivity index (χ2v) is 8.23. The quantitative estimate of drug-likeness (QED) is 0.830. The Hall–Kier alpha value is -1.42. The van der Waals surface area contributed by atoms with Crippen LogP contribution in [-0.2, 0) is 20.0 Å². The number of nitrogens with two attached hydrogens (primary N) is 1. The van der Waals surface area contributed by atoms with E-state index in [2.05, 4.69) is 20.7 Å². The molecule has 0 radical (unpaired) electrons. The number of hydrogen-bond acceptors (Lipinski definition) is 4. The fourth-order valence-electron chi connectivity index (χ4n) is 1.62. The van der Waals surface area contributed by atoms with E-state index in [0.29, 0.717) is 0 Å². The molecular formula is C12H11BrN2O4S2. The first-order chi connectivity index (χ1) is 9.70. The topological polar surface area (TPSA) is 106 Å². The van der Waals surface area contributed by atoms with Gasteiger partial charge in [0.25, 0.3) is 10.0 Å². The molecule has 0 unspecified atom stereocenters. The zero-order valence-electron chi connectivity index (χ0n) is 10.5. The van der Waals surface area contributed by atoms with Crippen molar-refractivity contribution in [1.82, 2.24) is 0 Å². The average molecular weight is 391 g/mol. The summed E-state index contributed by atoms with van der Waals surface area (Å²) in [6.07, 6.45) is 0. The standard InChI is InChI=1S/C12H11BrN2O4S2/c13-9-5-7-10(8-6-9)21(18,19)15-11-3-1-2-4-12(11)20(14,16)17/h1-8,15H,(H2,14,16,17). The van der Waals surface area contributed by atoms with Crippen molar-refractivity contribution in [2.24, 2.45) is 5.14 Å². The van der Waals surface area contributed by atoms with Gasteiger partial charge >= 0.3 is 0 Å². The molecule has 2 rings (SSSR count). The molecule has 0 aliphatic rings. The van der Waals surface area contributed by atoms with Crippen LogP contribution < -0.4 is 9.86 Å². The molecule has 0 atom stereocenters. The predicted octanol–water partition coefficient (Wildman–Crippen LogP) is 1.90. The highest BCUT2D eigenvalue weighted by Crippen LogP contribution is 2.23. The first kappa shape index (κ1) is 16.0. The van der Waals surface area contributed by atoms with Crippen molar-refractivity contribution in [3.63, 3.8) is 0 Å². The van der Waals surface area contributed by atoms with Crippen molar-refractivity contribution in [3.8, 4) is 0 Å². The van der Waals surface area contributed by atoms with Gasteiger partial charge in [-0.3, -0.25) is 4.72 Å². The molecule has 0 aliphatic heterocycles. The van der Waals surface area contributed by atoms with Gasteiger partial charge < -0.3 is 0 Å². The van der Waals surface area contributed by atoms with E-state index in [9.17, 15) is 16.8 Å². The smallest absolute Gasteiger partial charge is 0.261 e. The molecule has 0 bridgehead atoms. The summed E-state index contributed by atoms with van der Waals surface area (Å²) >= 11 is 3.21. The van der Waals surface area contributed by atoms with Crippen LogP contribution in [-0.4, -0.2) is 16.8 Å². The van der Waals surface area contributed by atoms with E-state index in [-0.39, 0.29) is 15.5 Å². The van der Waals surface area contributed by atoms with Gasteiger partial charge in [0.1, 0.15) is 4.90 Å². The molecule has 0 heterocycles. The Morgan fingerprint density at radius 1 is 0.905 bits per heavy atom. The highest BCUT2D eigenvalue weighted by molar-refractivity contribution is 9.10. The summed E-state index contributed by atoms with van der Waals surface area (Å²) in [5.74, 6) is 0. The summed E-state index contributed by atoms with van der Waals surface area (Å²) in [6, 6.07) is 11.5. The Kier molecular flexibility index (Phi) is 4.38. The maximum absolute atomic E-state index is 12.2. The van der Waals surface area contributed by atoms with E-state index < -0.39 is 20.0 Å². The van der Waals surface area contributed by atoms with Crippen molar-refractivity contribution in [2.45, 2.75) is 9.79 Å². The lowest BCUT2D eigenvalue weighted by Gasteiger charge is -2.11. The summed E-state index contributed by atoms with van der Waals surface area (Å²) < 4.78 is 50.3. The first-order valence-corrected chi connectivity index (χ1v) is 9.42. The summed E-state index contributed by atoms with van der Waals surface area (Å²) in [6.45, 7) is 0. The van der Waals surface area contributed by atoms with Crippen LogP contribution in [0.15, 0.2) is 62.8 Å². The van der Waals surface area contributed by atoms with Gasteiger partial charge in [0.2, 0.25) is 10.0 Å². The van der Waals surface area contributed by atoms with Gasteiger partial charge in [0, 0.05) is 4.47 Å². The number of nitrogens with one attached hydrogen (secondary N) is 1. The van der Waals surface area contributed by atoms with Gasteiger partial charge in [-0.25, -0.2) is 22.0 Å². The van der Waals surface area contributed by atoms with E-state index in [1.807, 2.05) is 0 Å². The molecule has 0 spiro atoms. The van der Waals surface area contributed by atoms with Crippen LogP contribution in [0.2, 0.25) is 0 Å². The molecule has 0 aliphatic carbocycles. The third-order valence-electron chi connectivity index (χ3n) is 2.56. The minimum Gasteiger partial charge on any atom is -0.278 e.